The number of imide groups is 1. The normalized spacial score (nSPS) is 29.4. The van der Waals surface area contributed by atoms with Crippen molar-refractivity contribution >= 4 is 41.4 Å². The Morgan fingerprint density at radius 1 is 0.981 bits per heavy atom. The predicted octanol–water partition coefficient (Wildman–Crippen LogP) is 2.91. The highest BCUT2D eigenvalue weighted by Crippen LogP contribution is 2.85. The van der Waals surface area contributed by atoms with Crippen molar-refractivity contribution in [1.29, 1.82) is 0 Å². The average molecular weight is 753 g/mol. The van der Waals surface area contributed by atoms with Gasteiger partial charge in [-0.3, -0.25) is 33.7 Å². The predicted molar refractivity (Wildman–Crippen MR) is 192 cm³/mol. The van der Waals surface area contributed by atoms with Crippen LogP contribution in [-0.2, 0) is 19.2 Å². The molecule has 3 saturated carbocycles. The highest BCUT2D eigenvalue weighted by molar-refractivity contribution is 6.38. The van der Waals surface area contributed by atoms with Gasteiger partial charge in [0.05, 0.1) is 23.7 Å². The van der Waals surface area contributed by atoms with Crippen LogP contribution in [0.4, 0.5) is 13.6 Å². The summed E-state index contributed by atoms with van der Waals surface area (Å²) in [6, 6.07) is 1.21. The molecule has 2 heterocycles. The minimum Gasteiger partial charge on any atom is -0.346 e. The molecule has 13 nitrogen and oxygen atoms in total. The fourth-order valence-electron chi connectivity index (χ4n) is 9.90. The number of halogens is 2. The second kappa shape index (κ2) is 14.5. The molecule has 1 saturated heterocycles. The van der Waals surface area contributed by atoms with Crippen LogP contribution in [0.1, 0.15) is 81.0 Å². The largest absolute Gasteiger partial charge is 0.346 e. The number of nitrogens with one attached hydrogen (secondary N) is 4. The zero-order chi connectivity index (χ0) is 39.4. The summed E-state index contributed by atoms with van der Waals surface area (Å²) < 4.78 is 27.2. The van der Waals surface area contributed by atoms with Crippen LogP contribution in [0.15, 0.2) is 36.9 Å². The van der Waals surface area contributed by atoms with Crippen LogP contribution in [0, 0.1) is 40.4 Å². The monoisotopic (exact) mass is 752 g/mol. The molecular formula is C39H50F2N6O7. The van der Waals surface area contributed by atoms with Gasteiger partial charge in [-0.15, -0.1) is 6.58 Å². The second-order valence-corrected chi connectivity index (χ2v) is 16.7. The fraction of sp³-hybridized carbons (Fsp3) is 0.615. The molecular weight excluding hydrogens is 702 g/mol. The number of alkyl halides is 2. The zero-order valence-corrected chi connectivity index (χ0v) is 31.3. The van der Waals surface area contributed by atoms with E-state index in [0.717, 1.165) is 12.8 Å². The fourth-order valence-corrected chi connectivity index (χ4v) is 9.90. The van der Waals surface area contributed by atoms with E-state index in [1.165, 1.54) is 15.9 Å². The van der Waals surface area contributed by atoms with E-state index in [-0.39, 0.29) is 48.7 Å². The van der Waals surface area contributed by atoms with Crippen LogP contribution < -0.4 is 21.3 Å². The van der Waals surface area contributed by atoms with Crippen molar-refractivity contribution in [3.63, 3.8) is 0 Å². The lowest BCUT2D eigenvalue weighted by Gasteiger charge is -2.37. The van der Waals surface area contributed by atoms with Crippen molar-refractivity contribution in [2.24, 2.45) is 40.4 Å². The van der Waals surface area contributed by atoms with E-state index >= 15 is 0 Å². The van der Waals surface area contributed by atoms with E-state index in [9.17, 15) is 42.3 Å². The van der Waals surface area contributed by atoms with Gasteiger partial charge in [-0.05, 0) is 60.0 Å². The summed E-state index contributed by atoms with van der Waals surface area (Å²) in [7, 11) is 0. The number of nitrogens with zero attached hydrogens (tertiary/aromatic N) is 2. The highest BCUT2D eigenvalue weighted by Gasteiger charge is 2.85. The number of Topliss-reactive ketones (excluding diaryl/α,β-unsaturated/α-hetero) is 1. The van der Waals surface area contributed by atoms with E-state index in [1.807, 2.05) is 0 Å². The summed E-state index contributed by atoms with van der Waals surface area (Å²) in [6.07, 6.45) is -0.663. The maximum Gasteiger partial charge on any atom is 0.315 e. The minimum atomic E-state index is -3.01. The number of rotatable bonds is 14. The number of carbonyl (C=O) groups excluding carboxylic acids is 7. The third-order valence-electron chi connectivity index (χ3n) is 12.7. The molecule has 5 aliphatic rings. The zero-order valence-electron chi connectivity index (χ0n) is 31.3. The lowest BCUT2D eigenvalue weighted by Crippen LogP contribution is -2.62. The van der Waals surface area contributed by atoms with Crippen LogP contribution >= 0.6 is 0 Å². The lowest BCUT2D eigenvalue weighted by atomic mass is 9.85. The number of benzene rings is 1. The number of carbonyl (C=O) groups is 7. The summed E-state index contributed by atoms with van der Waals surface area (Å²) >= 11 is 0. The highest BCUT2D eigenvalue weighted by atomic mass is 19.3. The molecule has 54 heavy (non-hydrogen) atoms. The molecule has 6 rings (SSSR count). The van der Waals surface area contributed by atoms with E-state index in [2.05, 4.69) is 41.7 Å². The summed E-state index contributed by atoms with van der Waals surface area (Å²) in [5.74, 6) is -4.16. The quantitative estimate of drug-likeness (QED) is 0.129. The number of likely N-dealkylation sites (tertiary alicyclic amines) is 1. The molecule has 3 aliphatic carbocycles. The topological polar surface area (TPSA) is 174 Å². The van der Waals surface area contributed by atoms with E-state index < -0.39 is 83.8 Å². The first-order valence-electron chi connectivity index (χ1n) is 18.8. The van der Waals surface area contributed by atoms with Crippen LogP contribution in [0.5, 0.6) is 0 Å². The molecule has 0 spiro atoms. The summed E-state index contributed by atoms with van der Waals surface area (Å²) in [6.45, 7) is 13.0. The molecule has 15 heteroatoms. The van der Waals surface area contributed by atoms with Crippen LogP contribution in [0.25, 0.3) is 0 Å². The van der Waals surface area contributed by atoms with Gasteiger partial charge >= 0.3 is 6.03 Å². The molecule has 4 fully saturated rings. The number of hydrogen-bond donors (Lipinski definition) is 4. The van der Waals surface area contributed by atoms with Crippen LogP contribution in [-0.4, -0.2) is 101 Å². The smallest absolute Gasteiger partial charge is 0.315 e. The van der Waals surface area contributed by atoms with E-state index in [0.29, 0.717) is 23.5 Å². The number of ketones is 1. The Hall–Kier alpha value is -4.69. The number of hydrogen-bond acceptors (Lipinski definition) is 7. The summed E-state index contributed by atoms with van der Waals surface area (Å²) in [5, 5.41) is 10.5. The van der Waals surface area contributed by atoms with Crippen molar-refractivity contribution in [2.75, 3.05) is 19.6 Å². The Balaban J connectivity index is 1.20. The minimum absolute atomic E-state index is 0.0407. The number of amides is 7. The standard InChI is InChI=1S/C39H50F2N6O7/c1-7-15-42-33(50)30(48)25(16-27(40)41)43-32(49)29-22-14-10-11-21(22)17-46(29)36(53)31(38(4,5)6)45-37(54)44-26(39-19(2)28(39)20(39)3)18-47-34(51)23-12-8-9-13-24(23)35(47)52/h7-9,12-13,19-22,25-29,31H,1,10-11,14-18H2,2-6H3,(H,42,50)(H,43,49)(H2,44,45,54)/t19?,20?,21-,22-,25-,26+,28?,29-,31+,39?/m0/s1. The maximum absolute atomic E-state index is 14.5. The van der Waals surface area contributed by atoms with E-state index in [4.69, 9.17) is 0 Å². The van der Waals surface area contributed by atoms with Gasteiger partial charge in [0.25, 0.3) is 17.7 Å². The molecule has 7 amide bonds. The van der Waals surface area contributed by atoms with Crippen molar-refractivity contribution in [3.8, 4) is 0 Å². The lowest BCUT2D eigenvalue weighted by molar-refractivity contribution is -0.145. The van der Waals surface area contributed by atoms with Crippen molar-refractivity contribution in [3.05, 3.63) is 48.0 Å². The third kappa shape index (κ3) is 6.78. The third-order valence-corrected chi connectivity index (χ3v) is 12.7. The molecule has 4 N–H and O–H groups in total. The maximum atomic E-state index is 14.5. The Morgan fingerprint density at radius 2 is 1.61 bits per heavy atom. The number of urea groups is 1. The van der Waals surface area contributed by atoms with Crippen molar-refractivity contribution in [2.45, 2.75) is 90.9 Å². The first kappa shape index (κ1) is 39.0. The van der Waals surface area contributed by atoms with Crippen molar-refractivity contribution in [1.82, 2.24) is 31.1 Å². The molecule has 0 aromatic heterocycles. The molecule has 0 radical (unpaired) electrons. The first-order chi connectivity index (χ1) is 25.4. The molecule has 8 atom stereocenters. The van der Waals surface area contributed by atoms with Crippen LogP contribution in [0.3, 0.4) is 0 Å². The molecule has 292 valence electrons. The molecule has 2 aliphatic heterocycles. The molecule has 1 aromatic carbocycles. The van der Waals surface area contributed by atoms with Gasteiger partial charge in [0.2, 0.25) is 24.0 Å². The van der Waals surface area contributed by atoms with Gasteiger partial charge in [-0.2, -0.15) is 0 Å². The summed E-state index contributed by atoms with van der Waals surface area (Å²) in [4.78, 5) is 96.9. The van der Waals surface area contributed by atoms with Gasteiger partial charge in [0.1, 0.15) is 18.1 Å². The molecule has 0 bridgehead atoms. The molecule has 2 unspecified atom stereocenters. The van der Waals surface area contributed by atoms with Crippen LogP contribution in [0.2, 0.25) is 0 Å². The SMILES string of the molecule is C=CCNC(=O)C(=O)[C@H](CC(F)F)NC(=O)[C@@H]1[C@H]2CCC[C@H]2CN1C(=O)[C@@H](NC(=O)N[C@H](CN1C(=O)c2ccccc2C1=O)C12C(C)C1C2C)C(C)(C)C. The van der Waals surface area contributed by atoms with Gasteiger partial charge in [0.15, 0.2) is 0 Å². The Labute approximate surface area is 313 Å². The number of fused-ring (bicyclic) bond motifs is 3. The Bertz CT molecular complexity index is 1720. The Morgan fingerprint density at radius 3 is 2.15 bits per heavy atom. The van der Waals surface area contributed by atoms with Gasteiger partial charge in [-0.1, -0.05) is 59.2 Å². The first-order valence-corrected chi connectivity index (χ1v) is 18.8. The van der Waals surface area contributed by atoms with Gasteiger partial charge < -0.3 is 26.2 Å². The Kier molecular flexibility index (Phi) is 10.5. The van der Waals surface area contributed by atoms with Gasteiger partial charge in [-0.25, -0.2) is 13.6 Å². The van der Waals surface area contributed by atoms with Crippen molar-refractivity contribution < 1.29 is 42.3 Å². The summed E-state index contributed by atoms with van der Waals surface area (Å²) in [5.41, 5.74) is -0.567. The molecule has 1 aromatic rings. The van der Waals surface area contributed by atoms with E-state index in [1.54, 1.807) is 45.0 Å². The second-order valence-electron chi connectivity index (χ2n) is 16.7. The average Bonchev–Trinajstić information content (AvgIpc) is 3.67. The van der Waals surface area contributed by atoms with Gasteiger partial charge in [0, 0.05) is 24.9 Å².